The number of carbonyl (C=O) groups excluding carboxylic acids is 1. The minimum Gasteiger partial charge on any atom is -0.504 e. The SMILES string of the molecule is COc1cnc(/C=C/C(=O)c2cc(OC)c(OC)c(OC)c2)cc1O.Cl. The minimum atomic E-state index is -0.281. The fraction of sp³-hybridized carbons (Fsp3) is 0.222. The number of pyridine rings is 1. The van der Waals surface area contributed by atoms with Gasteiger partial charge >= 0.3 is 0 Å². The standard InChI is InChI=1S/C18H19NO6.ClH/c1-22-15-7-11(8-16(23-2)18(15)25-4)13(20)6-5-12-9-14(21)17(24-3)10-19-12;/h5-10H,1-4H3,(H,19,21);1H/b6-5+;. The first-order chi connectivity index (χ1) is 12.0. The van der Waals surface area contributed by atoms with Gasteiger partial charge in [0.25, 0.3) is 0 Å². The predicted molar refractivity (Wildman–Crippen MR) is 99.2 cm³/mol. The van der Waals surface area contributed by atoms with E-state index < -0.39 is 0 Å². The molecule has 0 aliphatic heterocycles. The van der Waals surface area contributed by atoms with Crippen molar-refractivity contribution >= 4 is 24.3 Å². The van der Waals surface area contributed by atoms with Gasteiger partial charge in [-0.2, -0.15) is 0 Å². The first-order valence-electron chi connectivity index (χ1n) is 7.29. The van der Waals surface area contributed by atoms with E-state index in [2.05, 4.69) is 4.98 Å². The van der Waals surface area contributed by atoms with E-state index in [1.807, 2.05) is 0 Å². The van der Waals surface area contributed by atoms with Gasteiger partial charge in [0.05, 0.1) is 40.3 Å². The van der Waals surface area contributed by atoms with Gasteiger partial charge in [0.2, 0.25) is 5.75 Å². The zero-order valence-electron chi connectivity index (χ0n) is 14.8. The van der Waals surface area contributed by atoms with Crippen LogP contribution in [0.2, 0.25) is 0 Å². The molecule has 0 unspecified atom stereocenters. The van der Waals surface area contributed by atoms with Crippen molar-refractivity contribution in [1.29, 1.82) is 0 Å². The molecule has 1 aromatic carbocycles. The van der Waals surface area contributed by atoms with Gasteiger partial charge in [-0.15, -0.1) is 12.4 Å². The molecular formula is C18H20ClNO6. The summed E-state index contributed by atoms with van der Waals surface area (Å²) in [6.07, 6.45) is 4.21. The van der Waals surface area contributed by atoms with Crippen molar-refractivity contribution in [2.45, 2.75) is 0 Å². The van der Waals surface area contributed by atoms with Gasteiger partial charge in [-0.1, -0.05) is 0 Å². The Morgan fingerprint density at radius 3 is 2.00 bits per heavy atom. The number of aromatic hydroxyl groups is 1. The Labute approximate surface area is 157 Å². The van der Waals surface area contributed by atoms with Gasteiger partial charge < -0.3 is 24.1 Å². The maximum Gasteiger partial charge on any atom is 0.203 e. The highest BCUT2D eigenvalue weighted by Gasteiger charge is 2.15. The Morgan fingerprint density at radius 1 is 0.962 bits per heavy atom. The smallest absolute Gasteiger partial charge is 0.203 e. The summed E-state index contributed by atoms with van der Waals surface area (Å²) in [6.45, 7) is 0. The molecule has 0 aliphatic rings. The third kappa shape index (κ3) is 4.58. The van der Waals surface area contributed by atoms with Gasteiger partial charge in [0.15, 0.2) is 28.8 Å². The molecule has 2 aromatic rings. The average Bonchev–Trinajstić information content (AvgIpc) is 2.64. The second-order valence-corrected chi connectivity index (χ2v) is 4.89. The maximum absolute atomic E-state index is 12.4. The van der Waals surface area contributed by atoms with Gasteiger partial charge in [-0.3, -0.25) is 9.78 Å². The minimum absolute atomic E-state index is 0. The second kappa shape index (κ2) is 9.53. The fourth-order valence-electron chi connectivity index (χ4n) is 2.18. The van der Waals surface area contributed by atoms with Crippen LogP contribution >= 0.6 is 12.4 Å². The maximum atomic E-state index is 12.4. The van der Waals surface area contributed by atoms with Crippen molar-refractivity contribution in [1.82, 2.24) is 4.98 Å². The van der Waals surface area contributed by atoms with Gasteiger partial charge in [0, 0.05) is 11.6 Å². The molecule has 0 saturated heterocycles. The molecule has 2 rings (SSSR count). The number of rotatable bonds is 7. The van der Waals surface area contributed by atoms with E-state index in [-0.39, 0.29) is 29.7 Å². The fourth-order valence-corrected chi connectivity index (χ4v) is 2.18. The van der Waals surface area contributed by atoms with Gasteiger partial charge in [-0.25, -0.2) is 0 Å². The molecule has 0 aliphatic carbocycles. The topological polar surface area (TPSA) is 87.1 Å². The van der Waals surface area contributed by atoms with E-state index in [4.69, 9.17) is 18.9 Å². The molecule has 1 heterocycles. The van der Waals surface area contributed by atoms with Crippen LogP contribution in [0.1, 0.15) is 16.1 Å². The average molecular weight is 382 g/mol. The summed E-state index contributed by atoms with van der Waals surface area (Å²) in [4.78, 5) is 16.5. The summed E-state index contributed by atoms with van der Waals surface area (Å²) in [6, 6.07) is 4.53. The zero-order valence-corrected chi connectivity index (χ0v) is 15.6. The van der Waals surface area contributed by atoms with E-state index in [0.29, 0.717) is 28.5 Å². The number of ketones is 1. The normalized spacial score (nSPS) is 10.2. The number of aromatic nitrogens is 1. The van der Waals surface area contributed by atoms with E-state index in [0.717, 1.165) is 0 Å². The summed E-state index contributed by atoms with van der Waals surface area (Å²) in [5.41, 5.74) is 0.780. The highest BCUT2D eigenvalue weighted by Crippen LogP contribution is 2.38. The van der Waals surface area contributed by atoms with Crippen LogP contribution in [0.5, 0.6) is 28.7 Å². The molecule has 0 spiro atoms. The van der Waals surface area contributed by atoms with Gasteiger partial charge in [0.1, 0.15) is 0 Å². The molecule has 0 amide bonds. The molecule has 8 heteroatoms. The largest absolute Gasteiger partial charge is 0.504 e. The molecular weight excluding hydrogens is 362 g/mol. The number of benzene rings is 1. The van der Waals surface area contributed by atoms with Crippen LogP contribution < -0.4 is 18.9 Å². The Kier molecular flexibility index (Phi) is 7.74. The van der Waals surface area contributed by atoms with Crippen molar-refractivity contribution in [3.63, 3.8) is 0 Å². The van der Waals surface area contributed by atoms with Gasteiger partial charge in [-0.05, 0) is 24.3 Å². The van der Waals surface area contributed by atoms with E-state index in [9.17, 15) is 9.90 Å². The number of allylic oxidation sites excluding steroid dienone is 1. The van der Waals surface area contributed by atoms with E-state index >= 15 is 0 Å². The predicted octanol–water partition coefficient (Wildman–Crippen LogP) is 3.14. The summed E-state index contributed by atoms with van der Waals surface area (Å²) < 4.78 is 20.6. The van der Waals surface area contributed by atoms with Crippen LogP contribution in [0.3, 0.4) is 0 Å². The van der Waals surface area contributed by atoms with Crippen molar-refractivity contribution < 1.29 is 28.8 Å². The number of nitrogens with zero attached hydrogens (tertiary/aromatic N) is 1. The lowest BCUT2D eigenvalue weighted by molar-refractivity contribution is 0.104. The van der Waals surface area contributed by atoms with Crippen LogP contribution in [0, 0.1) is 0 Å². The molecule has 0 radical (unpaired) electrons. The summed E-state index contributed by atoms with van der Waals surface area (Å²) in [5, 5.41) is 9.74. The van der Waals surface area contributed by atoms with Crippen LogP contribution in [0.25, 0.3) is 6.08 Å². The third-order valence-electron chi connectivity index (χ3n) is 3.44. The van der Waals surface area contributed by atoms with E-state index in [1.165, 1.54) is 52.9 Å². The number of methoxy groups -OCH3 is 4. The highest BCUT2D eigenvalue weighted by molar-refractivity contribution is 6.07. The Morgan fingerprint density at radius 2 is 1.54 bits per heavy atom. The lowest BCUT2D eigenvalue weighted by Crippen LogP contribution is -2.00. The number of hydrogen-bond donors (Lipinski definition) is 1. The van der Waals surface area contributed by atoms with Crippen LogP contribution in [0.4, 0.5) is 0 Å². The molecule has 140 valence electrons. The Balaban J connectivity index is 0.00000338. The Hall–Kier alpha value is -2.93. The summed E-state index contributed by atoms with van der Waals surface area (Å²) in [7, 11) is 5.88. The monoisotopic (exact) mass is 381 g/mol. The van der Waals surface area contributed by atoms with Crippen LogP contribution in [-0.2, 0) is 0 Å². The van der Waals surface area contributed by atoms with Crippen LogP contribution in [0.15, 0.2) is 30.5 Å². The number of carbonyl (C=O) groups is 1. The first kappa shape index (κ1) is 21.1. The molecule has 1 N–H and O–H groups in total. The lowest BCUT2D eigenvalue weighted by Gasteiger charge is -2.13. The van der Waals surface area contributed by atoms with Crippen molar-refractivity contribution in [3.05, 3.63) is 41.7 Å². The summed E-state index contributed by atoms with van der Waals surface area (Å²) >= 11 is 0. The van der Waals surface area contributed by atoms with Crippen molar-refractivity contribution in [2.24, 2.45) is 0 Å². The molecule has 26 heavy (non-hydrogen) atoms. The molecule has 0 fully saturated rings. The lowest BCUT2D eigenvalue weighted by atomic mass is 10.1. The van der Waals surface area contributed by atoms with Crippen LogP contribution in [-0.4, -0.2) is 44.3 Å². The second-order valence-electron chi connectivity index (χ2n) is 4.89. The molecule has 1 aromatic heterocycles. The quantitative estimate of drug-likeness (QED) is 0.582. The third-order valence-corrected chi connectivity index (χ3v) is 3.44. The summed E-state index contributed by atoms with van der Waals surface area (Å²) in [5.74, 6) is 1.10. The molecule has 0 atom stereocenters. The number of hydrogen-bond acceptors (Lipinski definition) is 7. The number of halogens is 1. The molecule has 0 bridgehead atoms. The molecule has 0 saturated carbocycles. The Bertz CT molecular complexity index is 781. The first-order valence-corrected chi connectivity index (χ1v) is 7.29. The van der Waals surface area contributed by atoms with Crippen molar-refractivity contribution in [3.8, 4) is 28.7 Å². The van der Waals surface area contributed by atoms with Crippen molar-refractivity contribution in [2.75, 3.05) is 28.4 Å². The zero-order chi connectivity index (χ0) is 18.4. The van der Waals surface area contributed by atoms with E-state index in [1.54, 1.807) is 12.1 Å². The molecule has 7 nitrogen and oxygen atoms in total. The highest BCUT2D eigenvalue weighted by atomic mass is 35.5. The number of ether oxygens (including phenoxy) is 4.